The molecule has 1 heterocycles. The maximum Gasteiger partial charge on any atom is 0.310 e. The first-order valence-corrected chi connectivity index (χ1v) is 7.52. The predicted octanol–water partition coefficient (Wildman–Crippen LogP) is 4.24. The van der Waals surface area contributed by atoms with Crippen molar-refractivity contribution >= 4 is 29.2 Å². The number of likely N-dealkylation sites (tertiary alicyclic amines) is 1. The van der Waals surface area contributed by atoms with Crippen LogP contribution in [-0.4, -0.2) is 29.1 Å². The third-order valence-electron chi connectivity index (χ3n) is 4.22. The van der Waals surface area contributed by atoms with E-state index in [1.807, 2.05) is 26.0 Å². The zero-order valence-corrected chi connectivity index (χ0v) is 13.2. The average molecular weight is 316 g/mol. The molecule has 2 rings (SSSR count). The van der Waals surface area contributed by atoms with Gasteiger partial charge in [-0.2, -0.15) is 0 Å². The molecule has 2 unspecified atom stereocenters. The Morgan fingerprint density at radius 2 is 2.15 bits per heavy atom. The van der Waals surface area contributed by atoms with Gasteiger partial charge in [0, 0.05) is 12.6 Å². The zero-order chi connectivity index (χ0) is 14.9. The van der Waals surface area contributed by atoms with Gasteiger partial charge in [0.05, 0.1) is 15.5 Å². The van der Waals surface area contributed by atoms with E-state index in [0.717, 1.165) is 24.9 Å². The zero-order valence-electron chi connectivity index (χ0n) is 11.7. The van der Waals surface area contributed by atoms with E-state index < -0.39 is 11.4 Å². The molecular weight excluding hydrogens is 297 g/mol. The summed E-state index contributed by atoms with van der Waals surface area (Å²) in [6.45, 7) is 5.28. The van der Waals surface area contributed by atoms with E-state index in [1.165, 1.54) is 0 Å². The molecule has 0 saturated carbocycles. The summed E-state index contributed by atoms with van der Waals surface area (Å²) < 4.78 is 0. The first kappa shape index (κ1) is 15.6. The second-order valence-corrected chi connectivity index (χ2v) is 6.54. The van der Waals surface area contributed by atoms with Crippen LogP contribution in [0.15, 0.2) is 18.2 Å². The number of carbonyl (C=O) groups is 1. The largest absolute Gasteiger partial charge is 0.481 e. The Balaban J connectivity index is 2.23. The second kappa shape index (κ2) is 5.92. The smallest absolute Gasteiger partial charge is 0.310 e. The van der Waals surface area contributed by atoms with Gasteiger partial charge in [0.15, 0.2) is 0 Å². The third kappa shape index (κ3) is 2.95. The number of piperidine rings is 1. The van der Waals surface area contributed by atoms with Crippen molar-refractivity contribution in [2.45, 2.75) is 32.7 Å². The van der Waals surface area contributed by atoms with E-state index in [0.29, 0.717) is 16.6 Å². The van der Waals surface area contributed by atoms with Gasteiger partial charge in [0.1, 0.15) is 0 Å². The fraction of sp³-hybridized carbons (Fsp3) is 0.533. The topological polar surface area (TPSA) is 40.5 Å². The molecule has 0 spiro atoms. The van der Waals surface area contributed by atoms with Crippen molar-refractivity contribution in [1.82, 2.24) is 4.90 Å². The van der Waals surface area contributed by atoms with Crippen LogP contribution in [-0.2, 0) is 4.79 Å². The van der Waals surface area contributed by atoms with Gasteiger partial charge in [-0.15, -0.1) is 0 Å². The number of rotatable bonds is 3. The molecule has 0 amide bonds. The summed E-state index contributed by atoms with van der Waals surface area (Å²) in [5.74, 6) is -0.730. The van der Waals surface area contributed by atoms with Gasteiger partial charge >= 0.3 is 5.97 Å². The summed E-state index contributed by atoms with van der Waals surface area (Å²) in [5.41, 5.74) is 0.270. The normalized spacial score (nSPS) is 25.4. The molecule has 0 bridgehead atoms. The highest BCUT2D eigenvalue weighted by Crippen LogP contribution is 2.37. The third-order valence-corrected chi connectivity index (χ3v) is 5.06. The Morgan fingerprint density at radius 3 is 2.80 bits per heavy atom. The van der Waals surface area contributed by atoms with Crippen LogP contribution >= 0.6 is 23.2 Å². The summed E-state index contributed by atoms with van der Waals surface area (Å²) in [6.07, 6.45) is 1.60. The minimum absolute atomic E-state index is 0.0557. The van der Waals surface area contributed by atoms with E-state index in [1.54, 1.807) is 6.07 Å². The number of aliphatic carboxylic acids is 1. The Hall–Kier alpha value is -0.770. The lowest BCUT2D eigenvalue weighted by molar-refractivity contribution is -0.151. The number of carboxylic acid groups (broad SMARTS) is 1. The van der Waals surface area contributed by atoms with Crippen LogP contribution in [0, 0.1) is 5.41 Å². The van der Waals surface area contributed by atoms with Crippen LogP contribution in [0.3, 0.4) is 0 Å². The number of halogens is 2. The number of nitrogens with zero attached hydrogens (tertiary/aromatic N) is 1. The monoisotopic (exact) mass is 315 g/mol. The Bertz CT molecular complexity index is 521. The van der Waals surface area contributed by atoms with E-state index in [4.69, 9.17) is 23.2 Å². The highest BCUT2D eigenvalue weighted by atomic mass is 35.5. The van der Waals surface area contributed by atoms with Gasteiger partial charge in [-0.1, -0.05) is 35.3 Å². The Labute approximate surface area is 129 Å². The van der Waals surface area contributed by atoms with Gasteiger partial charge < -0.3 is 5.11 Å². The lowest BCUT2D eigenvalue weighted by Crippen LogP contribution is -2.46. The quantitative estimate of drug-likeness (QED) is 0.906. The maximum absolute atomic E-state index is 11.4. The van der Waals surface area contributed by atoms with Gasteiger partial charge in [-0.3, -0.25) is 9.69 Å². The second-order valence-electron chi connectivity index (χ2n) is 5.76. The molecular formula is C15H19Cl2NO2. The van der Waals surface area contributed by atoms with Crippen LogP contribution in [0.5, 0.6) is 0 Å². The maximum atomic E-state index is 11.4. The summed E-state index contributed by atoms with van der Waals surface area (Å²) in [4.78, 5) is 13.6. The minimum Gasteiger partial charge on any atom is -0.481 e. The van der Waals surface area contributed by atoms with Crippen molar-refractivity contribution in [1.29, 1.82) is 0 Å². The molecule has 1 saturated heterocycles. The lowest BCUT2D eigenvalue weighted by atomic mass is 9.81. The molecule has 3 nitrogen and oxygen atoms in total. The molecule has 110 valence electrons. The van der Waals surface area contributed by atoms with Crippen LogP contribution in [0.1, 0.15) is 38.3 Å². The molecule has 5 heteroatoms. The van der Waals surface area contributed by atoms with Gasteiger partial charge in [0.2, 0.25) is 0 Å². The highest BCUT2D eigenvalue weighted by molar-refractivity contribution is 6.42. The number of benzene rings is 1. The lowest BCUT2D eigenvalue weighted by Gasteiger charge is -2.41. The van der Waals surface area contributed by atoms with Crippen molar-refractivity contribution in [3.05, 3.63) is 33.8 Å². The van der Waals surface area contributed by atoms with Crippen LogP contribution < -0.4 is 0 Å². The predicted molar refractivity (Wildman–Crippen MR) is 81.4 cm³/mol. The number of hydrogen-bond donors (Lipinski definition) is 1. The molecule has 20 heavy (non-hydrogen) atoms. The Kier molecular flexibility index (Phi) is 4.62. The van der Waals surface area contributed by atoms with Crippen LogP contribution in [0.2, 0.25) is 10.0 Å². The molecule has 1 aliphatic heterocycles. The SMILES string of the molecule is CC(c1cccc(Cl)c1Cl)N1CCCC(C)(C(=O)O)C1. The van der Waals surface area contributed by atoms with Crippen molar-refractivity contribution in [3.8, 4) is 0 Å². The molecule has 2 atom stereocenters. The van der Waals surface area contributed by atoms with Crippen molar-refractivity contribution in [3.63, 3.8) is 0 Å². The van der Waals surface area contributed by atoms with Crippen molar-refractivity contribution < 1.29 is 9.90 Å². The number of carboxylic acids is 1. The average Bonchev–Trinajstić information content (AvgIpc) is 2.41. The van der Waals surface area contributed by atoms with Crippen LogP contribution in [0.25, 0.3) is 0 Å². The fourth-order valence-corrected chi connectivity index (χ4v) is 3.29. The van der Waals surface area contributed by atoms with Crippen molar-refractivity contribution in [2.75, 3.05) is 13.1 Å². The molecule has 1 N–H and O–H groups in total. The fourth-order valence-electron chi connectivity index (χ4n) is 2.82. The van der Waals surface area contributed by atoms with Crippen molar-refractivity contribution in [2.24, 2.45) is 5.41 Å². The summed E-state index contributed by atoms with van der Waals surface area (Å²) in [6, 6.07) is 5.64. The minimum atomic E-state index is -0.730. The van der Waals surface area contributed by atoms with Gasteiger partial charge in [0.25, 0.3) is 0 Å². The highest BCUT2D eigenvalue weighted by Gasteiger charge is 2.39. The van der Waals surface area contributed by atoms with Crippen LogP contribution in [0.4, 0.5) is 0 Å². The summed E-state index contributed by atoms with van der Waals surface area (Å²) in [7, 11) is 0. The van der Waals surface area contributed by atoms with E-state index >= 15 is 0 Å². The summed E-state index contributed by atoms with van der Waals surface area (Å²) in [5, 5.41) is 10.5. The first-order chi connectivity index (χ1) is 9.35. The van der Waals surface area contributed by atoms with Gasteiger partial charge in [-0.05, 0) is 44.9 Å². The molecule has 1 aliphatic rings. The van der Waals surface area contributed by atoms with E-state index in [2.05, 4.69) is 4.90 Å². The van der Waals surface area contributed by atoms with Gasteiger partial charge in [-0.25, -0.2) is 0 Å². The molecule has 0 aromatic heterocycles. The first-order valence-electron chi connectivity index (χ1n) is 6.76. The Morgan fingerprint density at radius 1 is 1.45 bits per heavy atom. The molecule has 1 aromatic carbocycles. The molecule has 1 fully saturated rings. The summed E-state index contributed by atoms with van der Waals surface area (Å²) >= 11 is 12.3. The number of hydrogen-bond acceptors (Lipinski definition) is 2. The standard InChI is InChI=1S/C15H19Cl2NO2/c1-10(11-5-3-6-12(16)13(11)17)18-8-4-7-15(2,9-18)14(19)20/h3,5-6,10H,4,7-9H2,1-2H3,(H,19,20). The van der Waals surface area contributed by atoms with E-state index in [-0.39, 0.29) is 6.04 Å². The molecule has 0 radical (unpaired) electrons. The molecule has 1 aromatic rings. The van der Waals surface area contributed by atoms with E-state index in [9.17, 15) is 9.90 Å². The molecule has 0 aliphatic carbocycles.